The van der Waals surface area contributed by atoms with Crippen molar-refractivity contribution in [2.45, 2.75) is 52.1 Å². The Morgan fingerprint density at radius 1 is 1.30 bits per heavy atom. The van der Waals surface area contributed by atoms with Crippen LogP contribution in [0.4, 0.5) is 0 Å². The lowest BCUT2D eigenvalue weighted by Gasteiger charge is -2.15. The molecule has 0 bridgehead atoms. The number of nitrogens with zero attached hydrogens (tertiary/aromatic N) is 4. The van der Waals surface area contributed by atoms with Gasteiger partial charge in [0.1, 0.15) is 0 Å². The maximum absolute atomic E-state index is 4.62. The first kappa shape index (κ1) is 15.1. The Morgan fingerprint density at radius 2 is 2.05 bits per heavy atom. The standard InChI is InChI=1S/C14H23N5S/c1-9(2)13-14(20-18-16-13)12(15-5)8-11-6-7-19(17-11)10(3)4/h6-7,9-10,12,15H,8H2,1-5H3. The summed E-state index contributed by atoms with van der Waals surface area (Å²) in [7, 11) is 1.98. The van der Waals surface area contributed by atoms with Crippen LogP contribution in [-0.2, 0) is 6.42 Å². The molecule has 0 spiro atoms. The quantitative estimate of drug-likeness (QED) is 0.889. The minimum Gasteiger partial charge on any atom is -0.312 e. The van der Waals surface area contributed by atoms with Crippen molar-refractivity contribution < 1.29 is 0 Å². The van der Waals surface area contributed by atoms with Crippen molar-refractivity contribution in [2.75, 3.05) is 7.05 Å². The van der Waals surface area contributed by atoms with Crippen molar-refractivity contribution in [3.05, 3.63) is 28.5 Å². The number of hydrogen-bond acceptors (Lipinski definition) is 5. The van der Waals surface area contributed by atoms with E-state index < -0.39 is 0 Å². The summed E-state index contributed by atoms with van der Waals surface area (Å²) in [6.45, 7) is 8.58. The molecule has 6 heteroatoms. The first-order valence-corrected chi connectivity index (χ1v) is 7.83. The van der Waals surface area contributed by atoms with Gasteiger partial charge in [-0.05, 0) is 44.4 Å². The summed E-state index contributed by atoms with van der Waals surface area (Å²) in [5, 5.41) is 12.3. The third-order valence-electron chi connectivity index (χ3n) is 3.36. The fourth-order valence-corrected chi connectivity index (χ4v) is 3.07. The highest BCUT2D eigenvalue weighted by atomic mass is 32.1. The Balaban J connectivity index is 2.17. The van der Waals surface area contributed by atoms with Crippen molar-refractivity contribution in [3.63, 3.8) is 0 Å². The second kappa shape index (κ2) is 6.45. The molecule has 110 valence electrons. The van der Waals surface area contributed by atoms with Crippen LogP contribution >= 0.6 is 11.5 Å². The summed E-state index contributed by atoms with van der Waals surface area (Å²) in [5.41, 5.74) is 2.19. The minimum atomic E-state index is 0.225. The van der Waals surface area contributed by atoms with Crippen LogP contribution in [0, 0.1) is 0 Å². The molecule has 0 saturated carbocycles. The Morgan fingerprint density at radius 3 is 2.60 bits per heavy atom. The zero-order valence-electron chi connectivity index (χ0n) is 12.8. The molecule has 0 aromatic carbocycles. The predicted molar refractivity (Wildman–Crippen MR) is 82.1 cm³/mol. The Hall–Kier alpha value is -1.27. The molecule has 0 radical (unpaired) electrons. The third-order valence-corrected chi connectivity index (χ3v) is 4.21. The molecule has 0 aliphatic heterocycles. The maximum atomic E-state index is 4.62. The van der Waals surface area contributed by atoms with Gasteiger partial charge in [-0.3, -0.25) is 4.68 Å². The molecular weight excluding hydrogens is 270 g/mol. The van der Waals surface area contributed by atoms with Gasteiger partial charge < -0.3 is 5.32 Å². The normalized spacial score (nSPS) is 13.3. The highest BCUT2D eigenvalue weighted by molar-refractivity contribution is 7.05. The number of hydrogen-bond donors (Lipinski definition) is 1. The van der Waals surface area contributed by atoms with Gasteiger partial charge in [0.25, 0.3) is 0 Å². The highest BCUT2D eigenvalue weighted by Crippen LogP contribution is 2.28. The fraction of sp³-hybridized carbons (Fsp3) is 0.643. The van der Waals surface area contributed by atoms with E-state index in [2.05, 4.69) is 53.8 Å². The van der Waals surface area contributed by atoms with Crippen LogP contribution in [0.2, 0.25) is 0 Å². The van der Waals surface area contributed by atoms with Gasteiger partial charge in [0.05, 0.1) is 22.3 Å². The van der Waals surface area contributed by atoms with E-state index in [0.29, 0.717) is 12.0 Å². The summed E-state index contributed by atoms with van der Waals surface area (Å²) in [5.74, 6) is 0.396. The van der Waals surface area contributed by atoms with E-state index in [0.717, 1.165) is 17.8 Å². The Labute approximate surface area is 124 Å². The highest BCUT2D eigenvalue weighted by Gasteiger charge is 2.21. The number of rotatable bonds is 6. The summed E-state index contributed by atoms with van der Waals surface area (Å²) < 4.78 is 6.11. The van der Waals surface area contributed by atoms with Crippen molar-refractivity contribution in [2.24, 2.45) is 0 Å². The van der Waals surface area contributed by atoms with Gasteiger partial charge in [-0.15, -0.1) is 5.10 Å². The van der Waals surface area contributed by atoms with E-state index in [1.165, 1.54) is 16.4 Å². The van der Waals surface area contributed by atoms with E-state index in [-0.39, 0.29) is 6.04 Å². The first-order chi connectivity index (χ1) is 9.52. The van der Waals surface area contributed by atoms with Crippen molar-refractivity contribution >= 4 is 11.5 Å². The molecule has 0 fully saturated rings. The zero-order valence-corrected chi connectivity index (χ0v) is 13.6. The van der Waals surface area contributed by atoms with Crippen molar-refractivity contribution in [3.8, 4) is 0 Å². The molecule has 0 aliphatic rings. The molecule has 0 amide bonds. The number of nitrogens with one attached hydrogen (secondary N) is 1. The minimum absolute atomic E-state index is 0.225. The molecule has 2 aromatic heterocycles. The second-order valence-electron chi connectivity index (χ2n) is 5.60. The zero-order chi connectivity index (χ0) is 14.7. The van der Waals surface area contributed by atoms with Crippen LogP contribution < -0.4 is 5.32 Å². The van der Waals surface area contributed by atoms with E-state index in [1.54, 1.807) is 0 Å². The summed E-state index contributed by atoms with van der Waals surface area (Å²) >= 11 is 1.48. The van der Waals surface area contributed by atoms with E-state index in [1.807, 2.05) is 17.9 Å². The van der Waals surface area contributed by atoms with Gasteiger partial charge in [-0.1, -0.05) is 18.3 Å². The molecule has 2 heterocycles. The van der Waals surface area contributed by atoms with Gasteiger partial charge in [0.2, 0.25) is 0 Å². The van der Waals surface area contributed by atoms with Gasteiger partial charge in [0, 0.05) is 18.7 Å². The third kappa shape index (κ3) is 3.24. The van der Waals surface area contributed by atoms with Crippen LogP contribution in [0.1, 0.15) is 62.0 Å². The smallest absolute Gasteiger partial charge is 0.0829 e. The predicted octanol–water partition coefficient (Wildman–Crippen LogP) is 2.94. The monoisotopic (exact) mass is 293 g/mol. The molecule has 2 rings (SSSR count). The summed E-state index contributed by atoms with van der Waals surface area (Å²) in [4.78, 5) is 1.22. The van der Waals surface area contributed by atoms with Gasteiger partial charge >= 0.3 is 0 Å². The average molecular weight is 293 g/mol. The first-order valence-electron chi connectivity index (χ1n) is 7.06. The van der Waals surface area contributed by atoms with Crippen molar-refractivity contribution in [1.29, 1.82) is 0 Å². The number of likely N-dealkylation sites (N-methyl/N-ethyl adjacent to an activating group) is 1. The SMILES string of the molecule is CNC(Cc1ccn(C(C)C)n1)c1snnc1C(C)C. The second-order valence-corrected chi connectivity index (χ2v) is 6.39. The van der Waals surface area contributed by atoms with Gasteiger partial charge in [-0.2, -0.15) is 5.10 Å². The lowest BCUT2D eigenvalue weighted by Crippen LogP contribution is -2.20. The van der Waals surface area contributed by atoms with Crippen LogP contribution in [0.5, 0.6) is 0 Å². The van der Waals surface area contributed by atoms with Crippen LogP contribution in [0.25, 0.3) is 0 Å². The van der Waals surface area contributed by atoms with E-state index in [9.17, 15) is 0 Å². The Kier molecular flexibility index (Phi) is 4.88. The van der Waals surface area contributed by atoms with E-state index in [4.69, 9.17) is 0 Å². The lowest BCUT2D eigenvalue weighted by atomic mass is 10.0. The van der Waals surface area contributed by atoms with Gasteiger partial charge in [-0.25, -0.2) is 0 Å². The van der Waals surface area contributed by atoms with Gasteiger partial charge in [0.15, 0.2) is 0 Å². The molecule has 1 atom stereocenters. The number of aromatic nitrogens is 4. The summed E-state index contributed by atoms with van der Waals surface area (Å²) in [6, 6.07) is 2.71. The topological polar surface area (TPSA) is 55.6 Å². The molecular formula is C14H23N5S. The molecule has 1 N–H and O–H groups in total. The largest absolute Gasteiger partial charge is 0.312 e. The van der Waals surface area contributed by atoms with Crippen LogP contribution in [0.15, 0.2) is 12.3 Å². The molecule has 2 aromatic rings. The van der Waals surface area contributed by atoms with Crippen LogP contribution in [-0.4, -0.2) is 26.4 Å². The van der Waals surface area contributed by atoms with Crippen molar-refractivity contribution in [1.82, 2.24) is 24.7 Å². The maximum Gasteiger partial charge on any atom is 0.0829 e. The average Bonchev–Trinajstić information content (AvgIpc) is 3.04. The molecule has 20 heavy (non-hydrogen) atoms. The molecule has 0 saturated heterocycles. The molecule has 0 aliphatic carbocycles. The lowest BCUT2D eigenvalue weighted by molar-refractivity contribution is 0.515. The van der Waals surface area contributed by atoms with E-state index >= 15 is 0 Å². The Bertz CT molecular complexity index is 543. The van der Waals surface area contributed by atoms with Crippen LogP contribution in [0.3, 0.4) is 0 Å². The molecule has 5 nitrogen and oxygen atoms in total. The fourth-order valence-electron chi connectivity index (χ4n) is 2.16. The summed E-state index contributed by atoms with van der Waals surface area (Å²) in [6.07, 6.45) is 2.90. The molecule has 1 unspecified atom stereocenters.